The van der Waals surface area contributed by atoms with Crippen molar-refractivity contribution in [2.75, 3.05) is 12.1 Å². The molecule has 1 aromatic heterocycles. The number of hydrogen-bond donors (Lipinski definition) is 0. The third kappa shape index (κ3) is 2.37. The Balaban J connectivity index is 2.64. The van der Waals surface area contributed by atoms with Gasteiger partial charge in [-0.2, -0.15) is 0 Å². The van der Waals surface area contributed by atoms with E-state index in [2.05, 4.69) is 4.98 Å². The minimum absolute atomic E-state index is 0.285. The van der Waals surface area contributed by atoms with Crippen molar-refractivity contribution >= 4 is 32.5 Å². The van der Waals surface area contributed by atoms with Crippen LogP contribution < -0.4 is 0 Å². The first kappa shape index (κ1) is 13.4. The van der Waals surface area contributed by atoms with Gasteiger partial charge in [-0.1, -0.05) is 6.07 Å². The van der Waals surface area contributed by atoms with Crippen LogP contribution in [0, 0.1) is 0 Å². The summed E-state index contributed by atoms with van der Waals surface area (Å²) in [5.41, 5.74) is 1.38. The summed E-state index contributed by atoms with van der Waals surface area (Å²) in [6.45, 7) is 0. The Labute approximate surface area is 112 Å². The predicted molar refractivity (Wildman–Crippen MR) is 72.9 cm³/mol. The summed E-state index contributed by atoms with van der Waals surface area (Å²) in [4.78, 5) is 4.73. The van der Waals surface area contributed by atoms with Crippen LogP contribution in [0.5, 0.6) is 0 Å². The van der Waals surface area contributed by atoms with Gasteiger partial charge in [-0.05, 0) is 18.6 Å². The Morgan fingerprint density at radius 1 is 1.39 bits per heavy atom. The zero-order chi connectivity index (χ0) is 13.3. The minimum atomic E-state index is -3.26. The van der Waals surface area contributed by atoms with Crippen molar-refractivity contribution in [1.29, 1.82) is 0 Å². The molecule has 18 heavy (non-hydrogen) atoms. The Morgan fingerprint density at radius 3 is 2.72 bits per heavy atom. The van der Waals surface area contributed by atoms with Gasteiger partial charge in [0, 0.05) is 25.6 Å². The van der Waals surface area contributed by atoms with Crippen molar-refractivity contribution in [1.82, 2.24) is 9.55 Å². The molecule has 1 heterocycles. The molecular weight excluding hydrogens is 272 g/mol. The van der Waals surface area contributed by atoms with Crippen LogP contribution in [-0.4, -0.2) is 30.1 Å². The first-order valence-corrected chi connectivity index (χ1v) is 8.08. The molecule has 6 heteroatoms. The molecule has 0 aliphatic rings. The summed E-state index contributed by atoms with van der Waals surface area (Å²) in [7, 11) is -1.36. The molecule has 0 aliphatic heterocycles. The zero-order valence-corrected chi connectivity index (χ0v) is 11.9. The van der Waals surface area contributed by atoms with E-state index in [9.17, 15) is 8.42 Å². The second kappa shape index (κ2) is 4.90. The largest absolute Gasteiger partial charge is 0.331 e. The number of hydrogen-bond acceptors (Lipinski definition) is 3. The average Bonchev–Trinajstić information content (AvgIpc) is 2.62. The lowest BCUT2D eigenvalue weighted by Gasteiger charge is -2.01. The number of benzene rings is 1. The Kier molecular flexibility index (Phi) is 3.64. The molecule has 0 amide bonds. The fourth-order valence-corrected chi connectivity index (χ4v) is 2.95. The molecule has 0 unspecified atom stereocenters. The fourth-order valence-electron chi connectivity index (χ4n) is 1.98. The lowest BCUT2D eigenvalue weighted by atomic mass is 10.3. The lowest BCUT2D eigenvalue weighted by Crippen LogP contribution is -1.98. The molecule has 0 bridgehead atoms. The van der Waals surface area contributed by atoms with Gasteiger partial charge in [-0.25, -0.2) is 13.4 Å². The first-order chi connectivity index (χ1) is 8.45. The Morgan fingerprint density at radius 2 is 2.11 bits per heavy atom. The second-order valence-corrected chi connectivity index (χ2v) is 6.64. The van der Waals surface area contributed by atoms with E-state index in [4.69, 9.17) is 11.6 Å². The van der Waals surface area contributed by atoms with Crippen LogP contribution in [0.3, 0.4) is 0 Å². The minimum Gasteiger partial charge on any atom is -0.331 e. The van der Waals surface area contributed by atoms with E-state index >= 15 is 0 Å². The highest BCUT2D eigenvalue weighted by Gasteiger charge is 2.16. The van der Waals surface area contributed by atoms with Crippen molar-refractivity contribution < 1.29 is 8.42 Å². The Bertz CT molecular complexity index is 677. The number of aryl methyl sites for hydroxylation is 2. The third-order valence-electron chi connectivity index (χ3n) is 2.90. The molecule has 0 fully saturated rings. The van der Waals surface area contributed by atoms with Gasteiger partial charge in [0.2, 0.25) is 0 Å². The van der Waals surface area contributed by atoms with Gasteiger partial charge in [0.05, 0.1) is 10.4 Å². The average molecular weight is 287 g/mol. The number of alkyl halides is 1. The fraction of sp³-hybridized carbons (Fsp3) is 0.417. The normalized spacial score (nSPS) is 12.2. The van der Waals surface area contributed by atoms with Gasteiger partial charge in [-0.15, -0.1) is 11.6 Å². The summed E-state index contributed by atoms with van der Waals surface area (Å²) in [6, 6.07) is 5.21. The number of fused-ring (bicyclic) bond motifs is 1. The highest BCUT2D eigenvalue weighted by Crippen LogP contribution is 2.23. The van der Waals surface area contributed by atoms with Crippen molar-refractivity contribution in [3.8, 4) is 0 Å². The van der Waals surface area contributed by atoms with Gasteiger partial charge < -0.3 is 4.57 Å². The third-order valence-corrected chi connectivity index (χ3v) is 4.30. The first-order valence-electron chi connectivity index (χ1n) is 5.65. The van der Waals surface area contributed by atoms with E-state index in [0.717, 1.165) is 24.2 Å². The van der Waals surface area contributed by atoms with Crippen molar-refractivity contribution in [2.24, 2.45) is 7.05 Å². The zero-order valence-electron chi connectivity index (χ0n) is 10.4. The summed E-state index contributed by atoms with van der Waals surface area (Å²) >= 11 is 5.67. The molecule has 2 aromatic rings. The molecule has 0 radical (unpaired) electrons. The van der Waals surface area contributed by atoms with E-state index in [1.54, 1.807) is 12.1 Å². The molecule has 1 aromatic carbocycles. The maximum Gasteiger partial charge on any atom is 0.177 e. The van der Waals surface area contributed by atoms with E-state index in [0.29, 0.717) is 11.4 Å². The van der Waals surface area contributed by atoms with Gasteiger partial charge in [0.1, 0.15) is 11.3 Å². The molecule has 0 aliphatic carbocycles. The molecule has 0 spiro atoms. The van der Waals surface area contributed by atoms with Crippen molar-refractivity contribution in [3.05, 3.63) is 24.0 Å². The maximum atomic E-state index is 11.7. The van der Waals surface area contributed by atoms with Gasteiger partial charge >= 0.3 is 0 Å². The molecule has 2 rings (SSSR count). The number of para-hydroxylation sites is 1. The monoisotopic (exact) mass is 286 g/mol. The number of sulfone groups is 1. The second-order valence-electron chi connectivity index (χ2n) is 4.28. The molecule has 0 atom stereocenters. The number of halogens is 1. The molecule has 0 N–H and O–H groups in total. The van der Waals surface area contributed by atoms with E-state index in [-0.39, 0.29) is 4.90 Å². The van der Waals surface area contributed by atoms with Crippen molar-refractivity contribution in [2.45, 2.75) is 17.7 Å². The van der Waals surface area contributed by atoms with Crippen LogP contribution >= 0.6 is 11.6 Å². The number of nitrogens with zero attached hydrogens (tertiary/aromatic N) is 2. The predicted octanol–water partition coefficient (Wildman–Crippen LogP) is 2.15. The smallest absolute Gasteiger partial charge is 0.177 e. The molecule has 0 saturated heterocycles. The van der Waals surface area contributed by atoms with Crippen LogP contribution in [0.15, 0.2) is 23.1 Å². The highest BCUT2D eigenvalue weighted by atomic mass is 35.5. The van der Waals surface area contributed by atoms with Crippen LogP contribution in [-0.2, 0) is 23.3 Å². The molecule has 4 nitrogen and oxygen atoms in total. The summed E-state index contributed by atoms with van der Waals surface area (Å²) in [5, 5.41) is 0. The molecular formula is C12H15ClN2O2S. The van der Waals surface area contributed by atoms with Crippen LogP contribution in [0.4, 0.5) is 0 Å². The number of imidazole rings is 1. The van der Waals surface area contributed by atoms with Gasteiger partial charge in [-0.3, -0.25) is 0 Å². The summed E-state index contributed by atoms with van der Waals surface area (Å²) < 4.78 is 25.3. The standard InChI is InChI=1S/C12H15ClN2O2S/c1-15-9-5-3-6-10(18(2,16)17)12(9)14-11(15)7-4-8-13/h3,5-6H,4,7-8H2,1-2H3. The van der Waals surface area contributed by atoms with E-state index in [1.165, 1.54) is 6.26 Å². The Hall–Kier alpha value is -1.07. The summed E-state index contributed by atoms with van der Waals surface area (Å²) in [5.74, 6) is 1.43. The van der Waals surface area contributed by atoms with Crippen LogP contribution in [0.25, 0.3) is 11.0 Å². The van der Waals surface area contributed by atoms with Gasteiger partial charge in [0.25, 0.3) is 0 Å². The molecule has 98 valence electrons. The maximum absolute atomic E-state index is 11.7. The highest BCUT2D eigenvalue weighted by molar-refractivity contribution is 7.91. The number of aromatic nitrogens is 2. The number of rotatable bonds is 4. The van der Waals surface area contributed by atoms with Crippen molar-refractivity contribution in [3.63, 3.8) is 0 Å². The van der Waals surface area contributed by atoms with E-state index in [1.807, 2.05) is 17.7 Å². The van der Waals surface area contributed by atoms with Crippen LogP contribution in [0.1, 0.15) is 12.2 Å². The van der Waals surface area contributed by atoms with E-state index < -0.39 is 9.84 Å². The quantitative estimate of drug-likeness (QED) is 0.809. The topological polar surface area (TPSA) is 52.0 Å². The molecule has 0 saturated carbocycles. The van der Waals surface area contributed by atoms with Gasteiger partial charge in [0.15, 0.2) is 9.84 Å². The van der Waals surface area contributed by atoms with Crippen LogP contribution in [0.2, 0.25) is 0 Å². The summed E-state index contributed by atoms with van der Waals surface area (Å²) in [6.07, 6.45) is 2.78. The SMILES string of the molecule is Cn1c(CCCCl)nc2c(S(C)(=O)=O)cccc21. The lowest BCUT2D eigenvalue weighted by molar-refractivity contribution is 0.602.